The molecule has 0 radical (unpaired) electrons. The second-order valence-electron chi connectivity index (χ2n) is 5.96. The fourth-order valence-electron chi connectivity index (χ4n) is 2.09. The minimum atomic E-state index is -0.763. The normalized spacial score (nSPS) is 11.3. The third kappa shape index (κ3) is 3.59. The molecule has 0 aliphatic rings. The maximum Gasteiger partial charge on any atom is 0.419 e. The number of hydrogen-bond donors (Lipinski definition) is 0. The van der Waals surface area contributed by atoms with E-state index in [-0.39, 0.29) is 17.6 Å². The van der Waals surface area contributed by atoms with E-state index < -0.39 is 23.1 Å². The average molecular weight is 317 g/mol. The number of rotatable bonds is 2. The summed E-state index contributed by atoms with van der Waals surface area (Å²) in [5.74, 6) is -0.763. The molecule has 2 aromatic rings. The van der Waals surface area contributed by atoms with Gasteiger partial charge in [-0.1, -0.05) is 12.1 Å². The Labute approximate surface area is 133 Å². The molecule has 0 saturated carbocycles. The van der Waals surface area contributed by atoms with Crippen LogP contribution in [0, 0.1) is 0 Å². The number of para-hydroxylation sites is 1. The summed E-state index contributed by atoms with van der Waals surface area (Å²) in [6.45, 7) is 6.99. The van der Waals surface area contributed by atoms with Crippen LogP contribution >= 0.6 is 0 Å². The second-order valence-corrected chi connectivity index (χ2v) is 5.96. The van der Waals surface area contributed by atoms with Crippen molar-refractivity contribution < 1.29 is 19.1 Å². The Morgan fingerprint density at radius 1 is 1.17 bits per heavy atom. The van der Waals surface area contributed by atoms with Gasteiger partial charge in [-0.25, -0.2) is 9.59 Å². The maximum absolute atomic E-state index is 12.4. The van der Waals surface area contributed by atoms with E-state index in [1.54, 1.807) is 52.0 Å². The lowest BCUT2D eigenvalue weighted by Gasteiger charge is -2.21. The molecule has 6 nitrogen and oxygen atoms in total. The van der Waals surface area contributed by atoms with E-state index in [1.165, 1.54) is 6.20 Å². The van der Waals surface area contributed by atoms with Crippen molar-refractivity contribution in [1.82, 2.24) is 4.57 Å². The molecule has 1 heterocycles. The number of ether oxygens (including phenoxy) is 2. The summed E-state index contributed by atoms with van der Waals surface area (Å²) >= 11 is 0. The summed E-state index contributed by atoms with van der Waals surface area (Å²) in [6.07, 6.45) is 0.510. The van der Waals surface area contributed by atoms with Crippen molar-refractivity contribution in [2.45, 2.75) is 33.3 Å². The minimum absolute atomic E-state index is 0.136. The van der Waals surface area contributed by atoms with Crippen LogP contribution in [0.15, 0.2) is 35.3 Å². The zero-order chi connectivity index (χ0) is 17.2. The van der Waals surface area contributed by atoms with Crippen molar-refractivity contribution in [1.29, 1.82) is 0 Å². The molecule has 1 aromatic carbocycles. The fourth-order valence-corrected chi connectivity index (χ4v) is 2.09. The molecule has 23 heavy (non-hydrogen) atoms. The second kappa shape index (κ2) is 6.24. The van der Waals surface area contributed by atoms with E-state index in [0.29, 0.717) is 5.52 Å². The Kier molecular flexibility index (Phi) is 4.54. The first-order valence-corrected chi connectivity index (χ1v) is 7.29. The molecule has 1 aromatic heterocycles. The zero-order valence-corrected chi connectivity index (χ0v) is 13.6. The lowest BCUT2D eigenvalue weighted by Crippen LogP contribution is -2.29. The number of pyridine rings is 1. The Morgan fingerprint density at radius 3 is 2.43 bits per heavy atom. The third-order valence-electron chi connectivity index (χ3n) is 3.00. The smallest absolute Gasteiger partial charge is 0.419 e. The summed E-state index contributed by atoms with van der Waals surface area (Å²) in [6, 6.07) is 6.54. The highest BCUT2D eigenvalue weighted by Crippen LogP contribution is 2.16. The van der Waals surface area contributed by atoms with Crippen LogP contribution in [-0.4, -0.2) is 28.8 Å². The molecule has 6 heteroatoms. The first-order valence-electron chi connectivity index (χ1n) is 7.29. The number of esters is 1. The lowest BCUT2D eigenvalue weighted by molar-refractivity contribution is 0.0521. The van der Waals surface area contributed by atoms with Crippen molar-refractivity contribution in [3.8, 4) is 0 Å². The van der Waals surface area contributed by atoms with Gasteiger partial charge in [0.2, 0.25) is 5.43 Å². The average Bonchev–Trinajstić information content (AvgIpc) is 2.46. The van der Waals surface area contributed by atoms with Crippen LogP contribution in [-0.2, 0) is 9.47 Å². The number of benzene rings is 1. The van der Waals surface area contributed by atoms with E-state index in [4.69, 9.17) is 9.47 Å². The quantitative estimate of drug-likeness (QED) is 0.796. The van der Waals surface area contributed by atoms with Gasteiger partial charge in [0.1, 0.15) is 11.2 Å². The molecule has 2 rings (SSSR count). The van der Waals surface area contributed by atoms with Crippen molar-refractivity contribution >= 4 is 23.0 Å². The topological polar surface area (TPSA) is 74.6 Å². The number of aromatic nitrogens is 1. The SMILES string of the molecule is CCOC(=O)c1cn(C(=O)OC(C)(C)C)c2ccccc2c1=O. The van der Waals surface area contributed by atoms with Gasteiger partial charge in [0.25, 0.3) is 0 Å². The Hall–Kier alpha value is -2.63. The zero-order valence-electron chi connectivity index (χ0n) is 13.6. The molecule has 122 valence electrons. The molecule has 0 bridgehead atoms. The summed E-state index contributed by atoms with van der Waals surface area (Å²) < 4.78 is 11.4. The highest BCUT2D eigenvalue weighted by Gasteiger charge is 2.22. The molecule has 0 unspecified atom stereocenters. The number of hydrogen-bond acceptors (Lipinski definition) is 5. The van der Waals surface area contributed by atoms with Gasteiger partial charge < -0.3 is 9.47 Å². The van der Waals surface area contributed by atoms with Gasteiger partial charge in [0.15, 0.2) is 0 Å². The first kappa shape index (κ1) is 16.7. The van der Waals surface area contributed by atoms with E-state index in [9.17, 15) is 14.4 Å². The Balaban J connectivity index is 2.68. The van der Waals surface area contributed by atoms with Crippen LogP contribution in [0.2, 0.25) is 0 Å². The standard InChI is InChI=1S/C17H19NO5/c1-5-22-15(20)12-10-18(16(21)23-17(2,3)4)13-9-7-6-8-11(13)14(12)19/h6-10H,5H2,1-4H3. The number of carbonyl (C=O) groups is 2. The predicted octanol–water partition coefficient (Wildman–Crippen LogP) is 2.96. The molecule has 0 atom stereocenters. The van der Waals surface area contributed by atoms with Gasteiger partial charge in [-0.15, -0.1) is 0 Å². The monoisotopic (exact) mass is 317 g/mol. The largest absolute Gasteiger partial charge is 0.462 e. The van der Waals surface area contributed by atoms with Crippen LogP contribution in [0.1, 0.15) is 38.1 Å². The molecule has 0 amide bonds. The van der Waals surface area contributed by atoms with E-state index >= 15 is 0 Å². The number of nitrogens with zero attached hydrogens (tertiary/aromatic N) is 1. The van der Waals surface area contributed by atoms with E-state index in [1.807, 2.05) is 0 Å². The van der Waals surface area contributed by atoms with Crippen LogP contribution in [0.3, 0.4) is 0 Å². The fraction of sp³-hybridized carbons (Fsp3) is 0.353. The summed E-state index contributed by atoms with van der Waals surface area (Å²) in [4.78, 5) is 36.8. The summed E-state index contributed by atoms with van der Waals surface area (Å²) in [7, 11) is 0. The highest BCUT2D eigenvalue weighted by atomic mass is 16.6. The molecule has 0 spiro atoms. The molecule has 0 aliphatic carbocycles. The first-order chi connectivity index (χ1) is 10.7. The van der Waals surface area contributed by atoms with Crippen LogP contribution in [0.4, 0.5) is 4.79 Å². The maximum atomic E-state index is 12.4. The molecular formula is C17H19NO5. The van der Waals surface area contributed by atoms with Crippen LogP contribution in [0.25, 0.3) is 10.9 Å². The Bertz CT molecular complexity index is 814. The summed E-state index contributed by atoms with van der Waals surface area (Å²) in [5, 5.41) is 0.254. The van der Waals surface area contributed by atoms with Gasteiger partial charge in [-0.05, 0) is 39.8 Å². The number of carbonyl (C=O) groups excluding carboxylic acids is 2. The molecular weight excluding hydrogens is 298 g/mol. The summed E-state index contributed by atoms with van der Waals surface area (Å²) in [5.41, 5.74) is -0.999. The molecule has 0 aliphatic heterocycles. The predicted molar refractivity (Wildman–Crippen MR) is 85.8 cm³/mol. The highest BCUT2D eigenvalue weighted by molar-refractivity contribution is 5.96. The lowest BCUT2D eigenvalue weighted by atomic mass is 10.1. The van der Waals surface area contributed by atoms with E-state index in [0.717, 1.165) is 4.57 Å². The van der Waals surface area contributed by atoms with Crippen molar-refractivity contribution in [3.05, 3.63) is 46.2 Å². The van der Waals surface area contributed by atoms with Gasteiger partial charge in [0.05, 0.1) is 12.1 Å². The van der Waals surface area contributed by atoms with Gasteiger partial charge in [0, 0.05) is 11.6 Å². The minimum Gasteiger partial charge on any atom is -0.462 e. The van der Waals surface area contributed by atoms with Crippen LogP contribution < -0.4 is 5.43 Å². The van der Waals surface area contributed by atoms with Crippen molar-refractivity contribution in [2.75, 3.05) is 6.61 Å². The van der Waals surface area contributed by atoms with Crippen molar-refractivity contribution in [3.63, 3.8) is 0 Å². The molecule has 0 fully saturated rings. The van der Waals surface area contributed by atoms with Crippen LogP contribution in [0.5, 0.6) is 0 Å². The van der Waals surface area contributed by atoms with Gasteiger partial charge >= 0.3 is 12.1 Å². The third-order valence-corrected chi connectivity index (χ3v) is 3.00. The number of fused-ring (bicyclic) bond motifs is 1. The van der Waals surface area contributed by atoms with E-state index in [2.05, 4.69) is 0 Å². The molecule has 0 N–H and O–H groups in total. The van der Waals surface area contributed by atoms with Gasteiger partial charge in [-0.2, -0.15) is 0 Å². The van der Waals surface area contributed by atoms with Gasteiger partial charge in [-0.3, -0.25) is 9.36 Å². The Morgan fingerprint density at radius 2 is 1.83 bits per heavy atom. The molecule has 0 saturated heterocycles. The van der Waals surface area contributed by atoms with Crippen molar-refractivity contribution in [2.24, 2.45) is 0 Å².